The molecule has 0 bridgehead atoms. The van der Waals surface area contributed by atoms with E-state index in [1.165, 1.54) is 0 Å². The summed E-state index contributed by atoms with van der Waals surface area (Å²) in [5.41, 5.74) is 0. The molecule has 0 aromatic rings. The molecule has 1 aliphatic heterocycles. The van der Waals surface area contributed by atoms with Crippen molar-refractivity contribution in [2.24, 2.45) is 11.8 Å². The molecular formula is C10H16O3. The van der Waals surface area contributed by atoms with Crippen LogP contribution in [-0.4, -0.2) is 30.2 Å². The maximum absolute atomic E-state index is 11.5. The van der Waals surface area contributed by atoms with Crippen molar-refractivity contribution < 1.29 is 14.6 Å². The van der Waals surface area contributed by atoms with E-state index < -0.39 is 0 Å². The van der Waals surface area contributed by atoms with Gasteiger partial charge in [0, 0.05) is 12.3 Å². The van der Waals surface area contributed by atoms with Crippen molar-refractivity contribution in [2.45, 2.75) is 31.8 Å². The van der Waals surface area contributed by atoms with Crippen LogP contribution in [0.3, 0.4) is 0 Å². The lowest BCUT2D eigenvalue weighted by atomic mass is 9.84. The summed E-state index contributed by atoms with van der Waals surface area (Å²) in [6.07, 6.45) is 3.16. The van der Waals surface area contributed by atoms with Crippen LogP contribution < -0.4 is 0 Å². The summed E-state index contributed by atoms with van der Waals surface area (Å²) in [5.74, 6) is 0.441. The minimum Gasteiger partial charge on any atom is -0.393 e. The van der Waals surface area contributed by atoms with E-state index in [-0.39, 0.29) is 23.7 Å². The first-order valence-electron chi connectivity index (χ1n) is 5.07. The molecule has 0 amide bonds. The molecule has 1 saturated carbocycles. The van der Waals surface area contributed by atoms with E-state index in [0.29, 0.717) is 19.6 Å². The van der Waals surface area contributed by atoms with Crippen molar-refractivity contribution in [3.63, 3.8) is 0 Å². The summed E-state index contributed by atoms with van der Waals surface area (Å²) in [4.78, 5) is 11.5. The molecule has 3 nitrogen and oxygen atoms in total. The van der Waals surface area contributed by atoms with Gasteiger partial charge in [-0.1, -0.05) is 6.42 Å². The van der Waals surface area contributed by atoms with Crippen molar-refractivity contribution in [1.29, 1.82) is 0 Å². The Balaban J connectivity index is 2.01. The van der Waals surface area contributed by atoms with E-state index >= 15 is 0 Å². The van der Waals surface area contributed by atoms with Gasteiger partial charge in [-0.15, -0.1) is 0 Å². The molecular weight excluding hydrogens is 168 g/mol. The van der Waals surface area contributed by atoms with E-state index in [4.69, 9.17) is 4.74 Å². The van der Waals surface area contributed by atoms with E-state index in [1.54, 1.807) is 0 Å². The van der Waals surface area contributed by atoms with Crippen molar-refractivity contribution >= 4 is 5.78 Å². The zero-order chi connectivity index (χ0) is 9.26. The van der Waals surface area contributed by atoms with Crippen LogP contribution in [0.1, 0.15) is 25.7 Å². The minimum absolute atomic E-state index is 0.0220. The maximum atomic E-state index is 11.5. The minimum atomic E-state index is -0.268. The lowest BCUT2D eigenvalue weighted by Crippen LogP contribution is -2.36. The molecule has 2 aliphatic rings. The fourth-order valence-corrected chi connectivity index (χ4v) is 2.46. The molecule has 2 fully saturated rings. The number of aliphatic hydroxyl groups excluding tert-OH is 1. The van der Waals surface area contributed by atoms with Gasteiger partial charge < -0.3 is 9.84 Å². The highest BCUT2D eigenvalue weighted by atomic mass is 16.5. The predicted octanol–water partition coefficient (Wildman–Crippen LogP) is 0.753. The molecule has 0 aromatic carbocycles. The summed E-state index contributed by atoms with van der Waals surface area (Å²) in [6, 6.07) is 0. The van der Waals surface area contributed by atoms with Crippen LogP contribution in [0.4, 0.5) is 0 Å². The number of hydrogen-bond donors (Lipinski definition) is 1. The summed E-state index contributed by atoms with van der Waals surface area (Å²) in [7, 11) is 0. The van der Waals surface area contributed by atoms with Crippen LogP contribution in [0.25, 0.3) is 0 Å². The molecule has 1 N–H and O–H groups in total. The Morgan fingerprint density at radius 3 is 2.85 bits per heavy atom. The highest BCUT2D eigenvalue weighted by Gasteiger charge is 2.37. The number of hydrogen-bond acceptors (Lipinski definition) is 3. The van der Waals surface area contributed by atoms with Gasteiger partial charge >= 0.3 is 0 Å². The van der Waals surface area contributed by atoms with Gasteiger partial charge in [-0.05, 0) is 18.8 Å². The average Bonchev–Trinajstić information content (AvgIpc) is 2.52. The summed E-state index contributed by atoms with van der Waals surface area (Å²) >= 11 is 0. The Hall–Kier alpha value is -0.410. The maximum Gasteiger partial charge on any atom is 0.140 e. The van der Waals surface area contributed by atoms with Crippen LogP contribution in [0, 0.1) is 11.8 Å². The van der Waals surface area contributed by atoms with Gasteiger partial charge in [0.1, 0.15) is 5.78 Å². The second-order valence-corrected chi connectivity index (χ2v) is 4.06. The topological polar surface area (TPSA) is 46.5 Å². The molecule has 0 aromatic heterocycles. The molecule has 13 heavy (non-hydrogen) atoms. The van der Waals surface area contributed by atoms with Gasteiger partial charge in [0.25, 0.3) is 0 Å². The SMILES string of the molecule is O=C1CCOCC1C1CCCC1O. The number of aliphatic hydroxyl groups is 1. The molecule has 3 unspecified atom stereocenters. The van der Waals surface area contributed by atoms with Gasteiger partial charge in [0.15, 0.2) is 0 Å². The lowest BCUT2D eigenvalue weighted by Gasteiger charge is -2.28. The molecule has 0 spiro atoms. The third kappa shape index (κ3) is 1.76. The van der Waals surface area contributed by atoms with Crippen LogP contribution in [0.15, 0.2) is 0 Å². The number of ketones is 1. The Morgan fingerprint density at radius 2 is 2.23 bits per heavy atom. The van der Waals surface area contributed by atoms with Crippen LogP contribution in [0.2, 0.25) is 0 Å². The van der Waals surface area contributed by atoms with Crippen molar-refractivity contribution in [3.05, 3.63) is 0 Å². The monoisotopic (exact) mass is 184 g/mol. The first-order chi connectivity index (χ1) is 6.29. The fraction of sp³-hybridized carbons (Fsp3) is 0.900. The second kappa shape index (κ2) is 3.76. The number of carbonyl (C=O) groups is 1. The smallest absolute Gasteiger partial charge is 0.140 e. The Labute approximate surface area is 78.1 Å². The number of carbonyl (C=O) groups excluding carboxylic acids is 1. The van der Waals surface area contributed by atoms with E-state index in [9.17, 15) is 9.90 Å². The van der Waals surface area contributed by atoms with Crippen LogP contribution >= 0.6 is 0 Å². The first kappa shape index (κ1) is 9.16. The highest BCUT2D eigenvalue weighted by molar-refractivity contribution is 5.82. The van der Waals surface area contributed by atoms with Crippen molar-refractivity contribution in [2.75, 3.05) is 13.2 Å². The number of rotatable bonds is 1. The molecule has 1 heterocycles. The molecule has 0 radical (unpaired) electrons. The third-order valence-electron chi connectivity index (χ3n) is 3.25. The third-order valence-corrected chi connectivity index (χ3v) is 3.25. The zero-order valence-corrected chi connectivity index (χ0v) is 7.74. The van der Waals surface area contributed by atoms with Gasteiger partial charge in [-0.3, -0.25) is 4.79 Å². The molecule has 2 rings (SSSR count). The van der Waals surface area contributed by atoms with Gasteiger partial charge in [-0.25, -0.2) is 0 Å². The van der Waals surface area contributed by atoms with Gasteiger partial charge in [0.2, 0.25) is 0 Å². The fourth-order valence-electron chi connectivity index (χ4n) is 2.46. The Bertz CT molecular complexity index is 202. The van der Waals surface area contributed by atoms with Crippen molar-refractivity contribution in [1.82, 2.24) is 0 Å². The highest BCUT2D eigenvalue weighted by Crippen LogP contribution is 2.34. The lowest BCUT2D eigenvalue weighted by molar-refractivity contribution is -0.134. The standard InChI is InChI=1S/C10H16O3/c11-9-3-1-2-7(9)8-6-13-5-4-10(8)12/h7-9,11H,1-6H2. The second-order valence-electron chi connectivity index (χ2n) is 4.06. The number of Topliss-reactive ketones (excluding diaryl/α,β-unsaturated/α-hetero) is 1. The quantitative estimate of drug-likeness (QED) is 0.654. The predicted molar refractivity (Wildman–Crippen MR) is 47.3 cm³/mol. The van der Waals surface area contributed by atoms with Crippen LogP contribution in [0.5, 0.6) is 0 Å². The normalized spacial score (nSPS) is 41.0. The molecule has 74 valence electrons. The van der Waals surface area contributed by atoms with Gasteiger partial charge in [0.05, 0.1) is 19.3 Å². The number of ether oxygens (including phenoxy) is 1. The Kier molecular flexibility index (Phi) is 2.65. The van der Waals surface area contributed by atoms with E-state index in [2.05, 4.69) is 0 Å². The molecule has 3 atom stereocenters. The molecule has 1 saturated heterocycles. The largest absolute Gasteiger partial charge is 0.393 e. The van der Waals surface area contributed by atoms with E-state index in [1.807, 2.05) is 0 Å². The van der Waals surface area contributed by atoms with Gasteiger partial charge in [-0.2, -0.15) is 0 Å². The molecule has 3 heteroatoms. The summed E-state index contributed by atoms with van der Waals surface area (Å²) < 4.78 is 5.28. The molecule has 1 aliphatic carbocycles. The average molecular weight is 184 g/mol. The summed E-state index contributed by atoms with van der Waals surface area (Å²) in [6.45, 7) is 1.10. The summed E-state index contributed by atoms with van der Waals surface area (Å²) in [5, 5.41) is 9.65. The zero-order valence-electron chi connectivity index (χ0n) is 7.74. The first-order valence-corrected chi connectivity index (χ1v) is 5.07. The van der Waals surface area contributed by atoms with Crippen LogP contribution in [-0.2, 0) is 9.53 Å². The van der Waals surface area contributed by atoms with Crippen molar-refractivity contribution in [3.8, 4) is 0 Å². The van der Waals surface area contributed by atoms with E-state index in [0.717, 1.165) is 19.3 Å². The Morgan fingerprint density at radius 1 is 1.38 bits per heavy atom.